The minimum Gasteiger partial charge on any atom is -0.325 e. The van der Waals surface area contributed by atoms with Crippen LogP contribution < -0.4 is 5.32 Å². The molecule has 1 aromatic carbocycles. The van der Waals surface area contributed by atoms with Crippen molar-refractivity contribution in [1.82, 2.24) is 19.7 Å². The van der Waals surface area contributed by atoms with Gasteiger partial charge in [0.25, 0.3) is 0 Å². The molecule has 0 radical (unpaired) electrons. The molecule has 1 N–H and O–H groups in total. The number of nitrogens with zero attached hydrogens (tertiary/aromatic N) is 4. The first kappa shape index (κ1) is 18.7. The normalized spacial score (nSPS) is 15.5. The van der Waals surface area contributed by atoms with Crippen molar-refractivity contribution in [2.75, 3.05) is 5.32 Å². The number of carbonyl (C=O) groups excluding carboxylic acids is 1. The molecule has 6 nitrogen and oxygen atoms in total. The van der Waals surface area contributed by atoms with Gasteiger partial charge in [-0.25, -0.2) is 0 Å². The van der Waals surface area contributed by atoms with Crippen LogP contribution in [0, 0.1) is 0 Å². The predicted octanol–water partition coefficient (Wildman–Crippen LogP) is 4.40. The van der Waals surface area contributed by atoms with E-state index in [1.165, 1.54) is 0 Å². The molecule has 1 aliphatic carbocycles. The zero-order valence-corrected chi connectivity index (χ0v) is 16.7. The Morgan fingerprint density at radius 1 is 1.14 bits per heavy atom. The summed E-state index contributed by atoms with van der Waals surface area (Å²) in [5.41, 5.74) is 1.75. The quantitative estimate of drug-likeness (QED) is 0.672. The van der Waals surface area contributed by atoms with Gasteiger partial charge in [-0.05, 0) is 44.0 Å². The van der Waals surface area contributed by atoms with Crippen LogP contribution in [0.15, 0.2) is 60.0 Å². The summed E-state index contributed by atoms with van der Waals surface area (Å²) in [6.07, 6.45) is 7.31. The van der Waals surface area contributed by atoms with Gasteiger partial charge < -0.3 is 9.88 Å². The predicted molar refractivity (Wildman–Crippen MR) is 111 cm³/mol. The van der Waals surface area contributed by atoms with Crippen LogP contribution in [0.5, 0.6) is 0 Å². The zero-order valence-electron chi connectivity index (χ0n) is 15.8. The second-order valence-electron chi connectivity index (χ2n) is 6.92. The number of rotatable bonds is 6. The fourth-order valence-corrected chi connectivity index (χ4v) is 5.01. The van der Waals surface area contributed by atoms with Gasteiger partial charge in [-0.2, -0.15) is 0 Å². The van der Waals surface area contributed by atoms with E-state index in [0.29, 0.717) is 0 Å². The van der Waals surface area contributed by atoms with Gasteiger partial charge in [0.1, 0.15) is 4.75 Å². The number of nitrogens with one attached hydrogen (secondary N) is 1. The lowest BCUT2D eigenvalue weighted by atomic mass is 10.1. The molecule has 1 fully saturated rings. The molecule has 0 saturated heterocycles. The number of hydrogen-bond donors (Lipinski definition) is 1. The number of anilines is 1. The third-order valence-corrected chi connectivity index (χ3v) is 6.57. The van der Waals surface area contributed by atoms with Crippen LogP contribution in [0.2, 0.25) is 0 Å². The standard InChI is InChI=1S/C21H23N5OS/c1-2-26-18(16-9-8-14-22-15-16)24-25-20(26)28-21(12-6-7-13-21)19(27)23-17-10-4-3-5-11-17/h3-5,8-11,14-15H,2,6-7,12-13H2,1H3,(H,23,27). The highest BCUT2D eigenvalue weighted by atomic mass is 32.2. The van der Waals surface area contributed by atoms with E-state index in [0.717, 1.165) is 54.5 Å². The Morgan fingerprint density at radius 3 is 2.61 bits per heavy atom. The Kier molecular flexibility index (Phi) is 5.43. The largest absolute Gasteiger partial charge is 0.325 e. The summed E-state index contributed by atoms with van der Waals surface area (Å²) in [7, 11) is 0. The summed E-state index contributed by atoms with van der Waals surface area (Å²) in [6.45, 7) is 2.80. The van der Waals surface area contributed by atoms with Gasteiger partial charge >= 0.3 is 0 Å². The highest BCUT2D eigenvalue weighted by Gasteiger charge is 2.43. The average Bonchev–Trinajstić information content (AvgIpc) is 3.37. The van der Waals surface area contributed by atoms with E-state index in [4.69, 9.17) is 0 Å². The van der Waals surface area contributed by atoms with E-state index in [2.05, 4.69) is 32.0 Å². The average molecular weight is 394 g/mol. The molecule has 2 aromatic heterocycles. The number of hydrogen-bond acceptors (Lipinski definition) is 5. The van der Waals surface area contributed by atoms with Crippen molar-refractivity contribution in [3.8, 4) is 11.4 Å². The number of amides is 1. The minimum absolute atomic E-state index is 0.0507. The van der Waals surface area contributed by atoms with Crippen molar-refractivity contribution in [3.05, 3.63) is 54.9 Å². The Bertz CT molecular complexity index is 936. The van der Waals surface area contributed by atoms with Gasteiger partial charge in [0, 0.05) is 30.2 Å². The summed E-state index contributed by atoms with van der Waals surface area (Å²) in [4.78, 5) is 17.4. The van der Waals surface area contributed by atoms with Crippen LogP contribution in [0.3, 0.4) is 0 Å². The van der Waals surface area contributed by atoms with Crippen LogP contribution in [-0.2, 0) is 11.3 Å². The van der Waals surface area contributed by atoms with Crippen LogP contribution in [0.4, 0.5) is 5.69 Å². The second kappa shape index (κ2) is 8.14. The third kappa shape index (κ3) is 3.67. The highest BCUT2D eigenvalue weighted by Crippen LogP contribution is 2.46. The van der Waals surface area contributed by atoms with Crippen LogP contribution in [-0.4, -0.2) is 30.4 Å². The maximum absolute atomic E-state index is 13.2. The number of benzene rings is 1. The van der Waals surface area contributed by atoms with Gasteiger partial charge in [-0.1, -0.05) is 42.8 Å². The Morgan fingerprint density at radius 2 is 1.93 bits per heavy atom. The molecule has 3 aromatic rings. The molecule has 0 aliphatic heterocycles. The first-order chi connectivity index (χ1) is 13.7. The maximum Gasteiger partial charge on any atom is 0.241 e. The van der Waals surface area contributed by atoms with Crippen molar-refractivity contribution in [3.63, 3.8) is 0 Å². The molecular weight excluding hydrogens is 370 g/mol. The molecular formula is C21H23N5OS. The Hall–Kier alpha value is -2.67. The molecule has 1 saturated carbocycles. The molecule has 0 atom stereocenters. The molecule has 28 heavy (non-hydrogen) atoms. The molecule has 144 valence electrons. The first-order valence-corrected chi connectivity index (χ1v) is 10.4. The fraction of sp³-hybridized carbons (Fsp3) is 0.333. The summed E-state index contributed by atoms with van der Waals surface area (Å²) in [5.74, 6) is 0.837. The summed E-state index contributed by atoms with van der Waals surface area (Å²) in [5, 5.41) is 12.7. The zero-order chi connectivity index (χ0) is 19.4. The molecule has 1 amide bonds. The van der Waals surface area contributed by atoms with Crippen LogP contribution in [0.25, 0.3) is 11.4 Å². The SMILES string of the molecule is CCn1c(SC2(C(=O)Nc3ccccc3)CCCC2)nnc1-c1cccnc1. The number of aromatic nitrogens is 4. The molecule has 0 spiro atoms. The molecule has 0 bridgehead atoms. The molecule has 4 rings (SSSR count). The number of pyridine rings is 1. The van der Waals surface area contributed by atoms with E-state index in [9.17, 15) is 4.79 Å². The second-order valence-corrected chi connectivity index (χ2v) is 8.27. The van der Waals surface area contributed by atoms with Gasteiger partial charge in [0.05, 0.1) is 0 Å². The van der Waals surface area contributed by atoms with E-state index < -0.39 is 4.75 Å². The van der Waals surface area contributed by atoms with Crippen LogP contribution in [0.1, 0.15) is 32.6 Å². The van der Waals surface area contributed by atoms with Gasteiger partial charge in [0.2, 0.25) is 5.91 Å². The van der Waals surface area contributed by atoms with E-state index >= 15 is 0 Å². The lowest BCUT2D eigenvalue weighted by Gasteiger charge is -2.26. The highest BCUT2D eigenvalue weighted by molar-refractivity contribution is 8.01. The summed E-state index contributed by atoms with van der Waals surface area (Å²) < 4.78 is 1.56. The maximum atomic E-state index is 13.2. The molecule has 2 heterocycles. The molecule has 0 unspecified atom stereocenters. The van der Waals surface area contributed by atoms with Gasteiger partial charge in [0.15, 0.2) is 11.0 Å². The fourth-order valence-electron chi connectivity index (χ4n) is 3.62. The Labute approximate surface area is 168 Å². The van der Waals surface area contributed by atoms with Crippen molar-refractivity contribution < 1.29 is 4.79 Å². The summed E-state index contributed by atoms with van der Waals surface area (Å²) >= 11 is 1.55. The monoisotopic (exact) mass is 393 g/mol. The van der Waals surface area contributed by atoms with Crippen LogP contribution >= 0.6 is 11.8 Å². The van der Waals surface area contributed by atoms with Crippen molar-refractivity contribution >= 4 is 23.4 Å². The lowest BCUT2D eigenvalue weighted by Crippen LogP contribution is -2.37. The van der Waals surface area contributed by atoms with Gasteiger partial charge in [-0.3, -0.25) is 9.78 Å². The number of para-hydroxylation sites is 1. The summed E-state index contributed by atoms with van der Waals surface area (Å²) in [6, 6.07) is 13.5. The lowest BCUT2D eigenvalue weighted by molar-refractivity contribution is -0.118. The third-order valence-electron chi connectivity index (χ3n) is 5.10. The molecule has 1 aliphatic rings. The van der Waals surface area contributed by atoms with Crippen molar-refractivity contribution in [2.24, 2.45) is 0 Å². The topological polar surface area (TPSA) is 72.7 Å². The minimum atomic E-state index is -0.512. The van der Waals surface area contributed by atoms with E-state index in [1.807, 2.05) is 42.5 Å². The van der Waals surface area contributed by atoms with E-state index in [-0.39, 0.29) is 5.91 Å². The first-order valence-electron chi connectivity index (χ1n) is 9.61. The van der Waals surface area contributed by atoms with Gasteiger partial charge in [-0.15, -0.1) is 10.2 Å². The molecule has 7 heteroatoms. The number of thioether (sulfide) groups is 1. The smallest absolute Gasteiger partial charge is 0.241 e. The van der Waals surface area contributed by atoms with E-state index in [1.54, 1.807) is 24.2 Å². The van der Waals surface area contributed by atoms with Crippen molar-refractivity contribution in [2.45, 2.75) is 49.1 Å². The Balaban J connectivity index is 1.62. The number of carbonyl (C=O) groups is 1. The van der Waals surface area contributed by atoms with Crippen molar-refractivity contribution in [1.29, 1.82) is 0 Å².